The molecule has 0 saturated carbocycles. The van der Waals surface area contributed by atoms with E-state index in [1.165, 1.54) is 6.92 Å². The molecule has 0 saturated heterocycles. The summed E-state index contributed by atoms with van der Waals surface area (Å²) in [4.78, 5) is 11.5. The highest BCUT2D eigenvalue weighted by Gasteiger charge is 2.09. The van der Waals surface area contributed by atoms with Crippen molar-refractivity contribution in [2.75, 3.05) is 7.11 Å². The molecule has 1 aromatic carbocycles. The fraction of sp³-hybridized carbons (Fsp3) is 0.250. The normalized spacial score (nSPS) is 10.2. The third-order valence-electron chi connectivity index (χ3n) is 2.46. The van der Waals surface area contributed by atoms with E-state index in [-0.39, 0.29) is 5.78 Å². The smallest absolute Gasteiger partial charge is 0.163 e. The Balaban J connectivity index is 2.30. The van der Waals surface area contributed by atoms with E-state index in [1.807, 2.05) is 12.1 Å². The molecule has 17 heavy (non-hydrogen) atoms. The van der Waals surface area contributed by atoms with Crippen LogP contribution in [0.4, 0.5) is 0 Å². The number of benzene rings is 1. The molecule has 0 N–H and O–H groups in total. The van der Waals surface area contributed by atoms with Gasteiger partial charge in [-0.3, -0.25) is 4.79 Å². The molecular weight excluding hydrogens is 218 g/mol. The molecule has 0 atom stereocenters. The number of hydrogen-bond acceptors (Lipinski definition) is 4. The summed E-state index contributed by atoms with van der Waals surface area (Å²) in [5, 5.41) is 7.61. The topological polar surface area (TPSA) is 57.0 Å². The van der Waals surface area contributed by atoms with Crippen molar-refractivity contribution < 1.29 is 9.53 Å². The summed E-state index contributed by atoms with van der Waals surface area (Å²) < 4.78 is 6.84. The molecule has 2 rings (SSSR count). The molecule has 0 spiro atoms. The van der Waals surface area contributed by atoms with E-state index in [9.17, 15) is 4.79 Å². The van der Waals surface area contributed by atoms with Gasteiger partial charge < -0.3 is 4.74 Å². The molecule has 0 amide bonds. The Bertz CT molecular complexity index is 521. The van der Waals surface area contributed by atoms with Gasteiger partial charge >= 0.3 is 0 Å². The van der Waals surface area contributed by atoms with E-state index in [0.717, 1.165) is 5.56 Å². The lowest BCUT2D eigenvalue weighted by molar-refractivity contribution is 0.101. The number of methoxy groups -OCH3 is 1. The second kappa shape index (κ2) is 4.78. The maximum Gasteiger partial charge on any atom is 0.163 e. The number of Topliss-reactive ketones (excluding diaryl/α,β-unsaturated/α-hetero) is 1. The molecule has 5 heteroatoms. The molecular formula is C12H13N3O2. The Hall–Kier alpha value is -2.17. The third kappa shape index (κ3) is 2.50. The predicted octanol–water partition coefficient (Wildman–Crippen LogP) is 1.54. The Morgan fingerprint density at radius 1 is 1.47 bits per heavy atom. The van der Waals surface area contributed by atoms with Gasteiger partial charge in [-0.1, -0.05) is 11.3 Å². The van der Waals surface area contributed by atoms with Crippen LogP contribution in [0, 0.1) is 0 Å². The molecule has 5 nitrogen and oxygen atoms in total. The number of aromatic nitrogens is 3. The van der Waals surface area contributed by atoms with Gasteiger partial charge in [0.2, 0.25) is 0 Å². The van der Waals surface area contributed by atoms with Crippen molar-refractivity contribution in [3.8, 4) is 5.75 Å². The van der Waals surface area contributed by atoms with E-state index in [0.29, 0.717) is 17.9 Å². The van der Waals surface area contributed by atoms with E-state index < -0.39 is 0 Å². The number of hydrogen-bond donors (Lipinski definition) is 0. The minimum absolute atomic E-state index is 0.0118. The van der Waals surface area contributed by atoms with Gasteiger partial charge in [0.1, 0.15) is 5.75 Å². The van der Waals surface area contributed by atoms with Gasteiger partial charge in [0, 0.05) is 6.20 Å². The van der Waals surface area contributed by atoms with Crippen LogP contribution in [-0.4, -0.2) is 27.9 Å². The van der Waals surface area contributed by atoms with Crippen LogP contribution in [0.15, 0.2) is 30.6 Å². The standard InChI is InChI=1S/C12H13N3O2/c1-9(16)11-7-10(3-4-12(11)17-2)8-15-6-5-13-14-15/h3-7H,8H2,1-2H3. The van der Waals surface area contributed by atoms with Crippen molar-refractivity contribution in [3.63, 3.8) is 0 Å². The molecule has 0 radical (unpaired) electrons. The zero-order valence-electron chi connectivity index (χ0n) is 9.75. The molecule has 0 fully saturated rings. The summed E-state index contributed by atoms with van der Waals surface area (Å²) in [5.41, 5.74) is 1.58. The first kappa shape index (κ1) is 11.3. The first-order valence-corrected chi connectivity index (χ1v) is 5.22. The van der Waals surface area contributed by atoms with Gasteiger partial charge in [0.15, 0.2) is 5.78 Å². The lowest BCUT2D eigenvalue weighted by atomic mass is 10.1. The van der Waals surface area contributed by atoms with E-state index >= 15 is 0 Å². The molecule has 88 valence electrons. The Labute approximate surface area is 99.0 Å². The molecule has 0 aliphatic rings. The van der Waals surface area contributed by atoms with Crippen LogP contribution in [0.1, 0.15) is 22.8 Å². The van der Waals surface area contributed by atoms with Crippen LogP contribution in [0.5, 0.6) is 5.75 Å². The van der Waals surface area contributed by atoms with Gasteiger partial charge in [-0.05, 0) is 24.6 Å². The van der Waals surface area contributed by atoms with E-state index in [1.54, 1.807) is 30.3 Å². The van der Waals surface area contributed by atoms with Gasteiger partial charge in [-0.2, -0.15) is 0 Å². The van der Waals surface area contributed by atoms with Crippen LogP contribution in [0.25, 0.3) is 0 Å². The molecule has 2 aromatic rings. The number of carbonyl (C=O) groups is 1. The predicted molar refractivity (Wildman–Crippen MR) is 62.1 cm³/mol. The van der Waals surface area contributed by atoms with Crippen molar-refractivity contribution in [3.05, 3.63) is 41.7 Å². The molecule has 1 heterocycles. The monoisotopic (exact) mass is 231 g/mol. The summed E-state index contributed by atoms with van der Waals surface area (Å²) in [6.45, 7) is 2.11. The first-order valence-electron chi connectivity index (χ1n) is 5.22. The average molecular weight is 231 g/mol. The Morgan fingerprint density at radius 2 is 2.29 bits per heavy atom. The van der Waals surface area contributed by atoms with Crippen LogP contribution >= 0.6 is 0 Å². The van der Waals surface area contributed by atoms with Crippen LogP contribution in [-0.2, 0) is 6.54 Å². The number of ether oxygens (including phenoxy) is 1. The number of carbonyl (C=O) groups excluding carboxylic acids is 1. The highest BCUT2D eigenvalue weighted by atomic mass is 16.5. The number of nitrogens with zero attached hydrogens (tertiary/aromatic N) is 3. The number of ketones is 1. The van der Waals surface area contributed by atoms with Crippen LogP contribution in [0.2, 0.25) is 0 Å². The van der Waals surface area contributed by atoms with Gasteiger partial charge in [0.25, 0.3) is 0 Å². The summed E-state index contributed by atoms with van der Waals surface area (Å²) in [7, 11) is 1.55. The SMILES string of the molecule is COc1ccc(Cn2ccnn2)cc1C(C)=O. The lowest BCUT2D eigenvalue weighted by Crippen LogP contribution is -2.03. The summed E-state index contributed by atoms with van der Waals surface area (Å²) >= 11 is 0. The van der Waals surface area contributed by atoms with Gasteiger partial charge in [0.05, 0.1) is 25.4 Å². The zero-order chi connectivity index (χ0) is 12.3. The molecule has 0 aliphatic carbocycles. The van der Waals surface area contributed by atoms with Gasteiger partial charge in [-0.15, -0.1) is 5.10 Å². The maximum atomic E-state index is 11.5. The minimum Gasteiger partial charge on any atom is -0.496 e. The zero-order valence-corrected chi connectivity index (χ0v) is 9.75. The Kier molecular flexibility index (Phi) is 3.18. The molecule has 1 aromatic heterocycles. The fourth-order valence-corrected chi connectivity index (χ4v) is 1.63. The van der Waals surface area contributed by atoms with Crippen molar-refractivity contribution in [1.82, 2.24) is 15.0 Å². The van der Waals surface area contributed by atoms with Crippen molar-refractivity contribution in [1.29, 1.82) is 0 Å². The lowest BCUT2D eigenvalue weighted by Gasteiger charge is -2.08. The molecule has 0 unspecified atom stereocenters. The van der Waals surface area contributed by atoms with Crippen molar-refractivity contribution in [2.45, 2.75) is 13.5 Å². The van der Waals surface area contributed by atoms with E-state index in [4.69, 9.17) is 4.74 Å². The largest absolute Gasteiger partial charge is 0.496 e. The summed E-state index contributed by atoms with van der Waals surface area (Å²) in [6, 6.07) is 5.53. The first-order chi connectivity index (χ1) is 8.20. The molecule has 0 aliphatic heterocycles. The summed E-state index contributed by atoms with van der Waals surface area (Å²) in [5.74, 6) is 0.585. The van der Waals surface area contributed by atoms with E-state index in [2.05, 4.69) is 10.3 Å². The second-order valence-electron chi connectivity index (χ2n) is 3.69. The third-order valence-corrected chi connectivity index (χ3v) is 2.46. The number of rotatable bonds is 4. The van der Waals surface area contributed by atoms with Crippen molar-refractivity contribution in [2.24, 2.45) is 0 Å². The minimum atomic E-state index is -0.0118. The maximum absolute atomic E-state index is 11.5. The van der Waals surface area contributed by atoms with Gasteiger partial charge in [-0.25, -0.2) is 4.68 Å². The quantitative estimate of drug-likeness (QED) is 0.749. The average Bonchev–Trinajstić information content (AvgIpc) is 2.81. The van der Waals surface area contributed by atoms with Crippen LogP contribution in [0.3, 0.4) is 0 Å². The Morgan fingerprint density at radius 3 is 2.88 bits per heavy atom. The highest BCUT2D eigenvalue weighted by Crippen LogP contribution is 2.20. The second-order valence-corrected chi connectivity index (χ2v) is 3.69. The highest BCUT2D eigenvalue weighted by molar-refractivity contribution is 5.97. The fourth-order valence-electron chi connectivity index (χ4n) is 1.63. The molecule has 0 bridgehead atoms. The van der Waals surface area contributed by atoms with Crippen LogP contribution < -0.4 is 4.74 Å². The summed E-state index contributed by atoms with van der Waals surface area (Å²) in [6.07, 6.45) is 3.40. The van der Waals surface area contributed by atoms with Crippen molar-refractivity contribution >= 4 is 5.78 Å².